The maximum Gasteiger partial charge on any atom is 0.254 e. The summed E-state index contributed by atoms with van der Waals surface area (Å²) < 4.78 is 21.0. The molecule has 0 saturated carbocycles. The lowest BCUT2D eigenvalue weighted by Gasteiger charge is -2.09. The number of primary amides is 1. The first-order valence-corrected chi connectivity index (χ1v) is 12.0. The molecule has 0 radical (unpaired) electrons. The van der Waals surface area contributed by atoms with Gasteiger partial charge in [0.25, 0.3) is 5.91 Å². The van der Waals surface area contributed by atoms with Crippen molar-refractivity contribution in [1.29, 1.82) is 0 Å². The highest BCUT2D eigenvalue weighted by Gasteiger charge is 2.16. The average Bonchev–Trinajstić information content (AvgIpc) is 3.42. The predicted octanol–water partition coefficient (Wildman–Crippen LogP) is 4.91. The number of amides is 2. The van der Waals surface area contributed by atoms with Gasteiger partial charge in [-0.15, -0.1) is 0 Å². The van der Waals surface area contributed by atoms with Crippen LogP contribution in [-0.4, -0.2) is 32.0 Å². The molecule has 0 aliphatic heterocycles. The molecule has 0 aliphatic rings. The highest BCUT2D eigenvalue weighted by atomic mass is 32.1. The minimum absolute atomic E-state index is 0.0305. The molecular formula is C26H21FN6O3S. The van der Waals surface area contributed by atoms with Crippen LogP contribution < -0.4 is 15.8 Å². The highest BCUT2D eigenvalue weighted by molar-refractivity contribution is 7.22. The molecular weight excluding hydrogens is 495 g/mol. The number of fused-ring (bicyclic) bond motifs is 1. The standard InChI is InChI=1S/C26H21FN6O3S/c1-13-14(2)32-33-23(13)16-6-8-21-19(12-16)30-26(37-21)31-22(34)11-15-5-7-20(18(27)10-15)36-25-17(24(28)35)4-3-9-29-25/h3-10,12H,11H2,1-2H3,(H2,28,35)(H,32,33)(H,30,31,34). The number of thiazole rings is 1. The van der Waals surface area contributed by atoms with E-state index >= 15 is 0 Å². The van der Waals surface area contributed by atoms with Crippen molar-refractivity contribution >= 4 is 38.5 Å². The predicted molar refractivity (Wildman–Crippen MR) is 138 cm³/mol. The lowest BCUT2D eigenvalue weighted by molar-refractivity contribution is -0.115. The minimum atomic E-state index is -0.741. The number of hydrogen-bond acceptors (Lipinski definition) is 7. The number of anilines is 1. The van der Waals surface area contributed by atoms with Crippen molar-refractivity contribution in [2.45, 2.75) is 20.3 Å². The summed E-state index contributed by atoms with van der Waals surface area (Å²) in [5, 5.41) is 10.6. The maximum absolute atomic E-state index is 14.7. The van der Waals surface area contributed by atoms with Crippen molar-refractivity contribution in [3.63, 3.8) is 0 Å². The number of carbonyl (C=O) groups is 2. The van der Waals surface area contributed by atoms with Gasteiger partial charge in [0.1, 0.15) is 5.56 Å². The van der Waals surface area contributed by atoms with Crippen molar-refractivity contribution in [3.05, 3.63) is 82.9 Å². The molecule has 0 unspecified atom stereocenters. The third-order valence-corrected chi connectivity index (χ3v) is 6.72. The number of aryl methyl sites for hydroxylation is 1. The van der Waals surface area contributed by atoms with Gasteiger partial charge in [0.15, 0.2) is 16.7 Å². The number of nitrogens with one attached hydrogen (secondary N) is 2. The van der Waals surface area contributed by atoms with E-state index in [-0.39, 0.29) is 29.5 Å². The zero-order valence-electron chi connectivity index (χ0n) is 19.8. The summed E-state index contributed by atoms with van der Waals surface area (Å²) in [5.41, 5.74) is 10.4. The Bertz CT molecular complexity index is 1660. The molecule has 2 aromatic carbocycles. The lowest BCUT2D eigenvalue weighted by Crippen LogP contribution is -2.14. The highest BCUT2D eigenvalue weighted by Crippen LogP contribution is 2.31. The second-order valence-electron chi connectivity index (χ2n) is 8.34. The Labute approximate surface area is 214 Å². The lowest BCUT2D eigenvalue weighted by atomic mass is 10.1. The van der Waals surface area contributed by atoms with Crippen molar-refractivity contribution < 1.29 is 18.7 Å². The minimum Gasteiger partial charge on any atom is -0.435 e. The molecule has 37 heavy (non-hydrogen) atoms. The number of benzene rings is 2. The number of carbonyl (C=O) groups excluding carboxylic acids is 2. The van der Waals surface area contributed by atoms with Crippen molar-refractivity contribution in [2.75, 3.05) is 5.32 Å². The molecule has 0 saturated heterocycles. The SMILES string of the molecule is Cc1[nH]nc(-c2ccc3sc(NC(=O)Cc4ccc(Oc5ncccc5C(N)=O)c(F)c4)nc3c2)c1C. The van der Waals surface area contributed by atoms with Gasteiger partial charge in [-0.1, -0.05) is 23.5 Å². The monoisotopic (exact) mass is 516 g/mol. The maximum atomic E-state index is 14.7. The second-order valence-corrected chi connectivity index (χ2v) is 9.37. The summed E-state index contributed by atoms with van der Waals surface area (Å²) in [4.78, 5) is 32.6. The molecule has 0 atom stereocenters. The molecule has 0 spiro atoms. The van der Waals surface area contributed by atoms with E-state index in [4.69, 9.17) is 10.5 Å². The van der Waals surface area contributed by atoms with Gasteiger partial charge in [-0.25, -0.2) is 14.4 Å². The van der Waals surface area contributed by atoms with Crippen molar-refractivity contribution in [3.8, 4) is 22.9 Å². The number of aromatic amines is 1. The Morgan fingerprint density at radius 3 is 2.73 bits per heavy atom. The van der Waals surface area contributed by atoms with E-state index in [1.54, 1.807) is 6.07 Å². The van der Waals surface area contributed by atoms with Crippen LogP contribution >= 0.6 is 11.3 Å². The second kappa shape index (κ2) is 9.78. The van der Waals surface area contributed by atoms with Gasteiger partial charge in [0.2, 0.25) is 11.8 Å². The zero-order chi connectivity index (χ0) is 26.1. The van der Waals surface area contributed by atoms with E-state index in [9.17, 15) is 14.0 Å². The van der Waals surface area contributed by atoms with Crippen LogP contribution in [0.2, 0.25) is 0 Å². The fraction of sp³-hybridized carbons (Fsp3) is 0.115. The molecule has 0 aliphatic carbocycles. The molecule has 0 fully saturated rings. The van der Waals surface area contributed by atoms with Crippen LogP contribution in [-0.2, 0) is 11.2 Å². The number of nitrogens with zero attached hydrogens (tertiary/aromatic N) is 3. The van der Waals surface area contributed by atoms with Crippen LogP contribution in [0.3, 0.4) is 0 Å². The van der Waals surface area contributed by atoms with E-state index in [1.807, 2.05) is 32.0 Å². The van der Waals surface area contributed by atoms with Crippen LogP contribution in [0.1, 0.15) is 27.2 Å². The Morgan fingerprint density at radius 1 is 1.16 bits per heavy atom. The van der Waals surface area contributed by atoms with Gasteiger partial charge in [0.05, 0.1) is 22.3 Å². The normalized spacial score (nSPS) is 11.0. The topological polar surface area (TPSA) is 136 Å². The molecule has 3 heterocycles. The van der Waals surface area contributed by atoms with Crippen molar-refractivity contribution in [2.24, 2.45) is 5.73 Å². The molecule has 11 heteroatoms. The number of nitrogens with two attached hydrogens (primary N) is 1. The third kappa shape index (κ3) is 5.02. The van der Waals surface area contributed by atoms with Crippen LogP contribution in [0.4, 0.5) is 9.52 Å². The first-order valence-electron chi connectivity index (χ1n) is 11.2. The largest absolute Gasteiger partial charge is 0.435 e. The zero-order valence-corrected chi connectivity index (χ0v) is 20.6. The number of pyridine rings is 1. The number of aromatic nitrogens is 4. The summed E-state index contributed by atoms with van der Waals surface area (Å²) in [6.07, 6.45) is 1.33. The van der Waals surface area contributed by atoms with Gasteiger partial charge in [-0.05, 0) is 61.4 Å². The Hall–Kier alpha value is -4.64. The van der Waals surface area contributed by atoms with E-state index < -0.39 is 11.7 Å². The van der Waals surface area contributed by atoms with E-state index in [2.05, 4.69) is 25.5 Å². The van der Waals surface area contributed by atoms with Crippen LogP contribution in [0.25, 0.3) is 21.5 Å². The summed E-state index contributed by atoms with van der Waals surface area (Å²) >= 11 is 1.35. The first-order chi connectivity index (χ1) is 17.8. The molecule has 9 nitrogen and oxygen atoms in total. The number of hydrogen-bond donors (Lipinski definition) is 3. The number of H-pyrrole nitrogens is 1. The number of ether oxygens (including phenoxy) is 1. The Kier molecular flexibility index (Phi) is 6.36. The number of rotatable bonds is 7. The van der Waals surface area contributed by atoms with Gasteiger partial charge in [-0.3, -0.25) is 14.7 Å². The third-order valence-electron chi connectivity index (χ3n) is 5.76. The Balaban J connectivity index is 1.27. The summed E-state index contributed by atoms with van der Waals surface area (Å²) in [6, 6.07) is 12.9. The van der Waals surface area contributed by atoms with E-state index in [0.29, 0.717) is 10.7 Å². The number of halogens is 1. The molecule has 4 N–H and O–H groups in total. The molecule has 5 rings (SSSR count). The molecule has 3 aromatic heterocycles. The van der Waals surface area contributed by atoms with E-state index in [1.165, 1.54) is 41.8 Å². The smallest absolute Gasteiger partial charge is 0.254 e. The molecule has 186 valence electrons. The first kappa shape index (κ1) is 24.1. The summed E-state index contributed by atoms with van der Waals surface area (Å²) in [5.74, 6) is -2.03. The van der Waals surface area contributed by atoms with Crippen LogP contribution in [0, 0.1) is 19.7 Å². The average molecular weight is 517 g/mol. The molecule has 5 aromatic rings. The van der Waals surface area contributed by atoms with Gasteiger partial charge < -0.3 is 15.8 Å². The van der Waals surface area contributed by atoms with Gasteiger partial charge in [0, 0.05) is 17.5 Å². The summed E-state index contributed by atoms with van der Waals surface area (Å²) in [7, 11) is 0. The van der Waals surface area contributed by atoms with Crippen molar-refractivity contribution in [1.82, 2.24) is 20.2 Å². The summed E-state index contributed by atoms with van der Waals surface area (Å²) in [6.45, 7) is 3.97. The van der Waals surface area contributed by atoms with Crippen LogP contribution in [0.15, 0.2) is 54.7 Å². The quantitative estimate of drug-likeness (QED) is 0.281. The fourth-order valence-corrected chi connectivity index (χ4v) is 4.61. The van der Waals surface area contributed by atoms with Gasteiger partial charge in [-0.2, -0.15) is 5.10 Å². The molecule has 2 amide bonds. The Morgan fingerprint density at radius 2 is 2.00 bits per heavy atom. The van der Waals surface area contributed by atoms with Crippen LogP contribution in [0.5, 0.6) is 11.6 Å². The van der Waals surface area contributed by atoms with E-state index in [0.717, 1.165) is 32.7 Å². The molecule has 0 bridgehead atoms. The fourth-order valence-electron chi connectivity index (χ4n) is 3.74. The van der Waals surface area contributed by atoms with Gasteiger partial charge >= 0.3 is 0 Å².